The zero-order valence-corrected chi connectivity index (χ0v) is 18.7. The first kappa shape index (κ1) is 23.4. The third kappa shape index (κ3) is 4.99. The Morgan fingerprint density at radius 3 is 2.50 bits per heavy atom. The van der Waals surface area contributed by atoms with E-state index in [-0.39, 0.29) is 36.5 Å². The maximum Gasteiger partial charge on any atom is 0.481 e. The molecule has 3 heterocycles. The van der Waals surface area contributed by atoms with Gasteiger partial charge >= 0.3 is 15.6 Å². The molecule has 0 saturated carbocycles. The SMILES string of the molecule is Nc1ncnc2c1ncn2[C@@H]1O[C@H](COP(=O)(O)OP(=O)(O)O)[C@@H](O)[C@H]1O.[Zn]. The maximum absolute atomic E-state index is 11.5. The summed E-state index contributed by atoms with van der Waals surface area (Å²) < 4.78 is 36.8. The van der Waals surface area contributed by atoms with E-state index in [1.54, 1.807) is 0 Å². The predicted molar refractivity (Wildman–Crippen MR) is 84.6 cm³/mol. The van der Waals surface area contributed by atoms with E-state index in [1.165, 1.54) is 10.9 Å². The Kier molecular flexibility index (Phi) is 7.07. The van der Waals surface area contributed by atoms with Crippen LogP contribution in [-0.2, 0) is 42.2 Å². The van der Waals surface area contributed by atoms with Crippen molar-refractivity contribution in [2.45, 2.75) is 24.5 Å². The quantitative estimate of drug-likeness (QED) is 0.194. The molecular formula is C10H15N5O10P2Zn. The summed E-state index contributed by atoms with van der Waals surface area (Å²) in [4.78, 5) is 38.1. The van der Waals surface area contributed by atoms with Gasteiger partial charge in [0.1, 0.15) is 30.2 Å². The molecule has 1 unspecified atom stereocenters. The molecule has 3 rings (SSSR count). The van der Waals surface area contributed by atoms with Gasteiger partial charge in [-0.05, 0) is 0 Å². The second kappa shape index (κ2) is 8.46. The van der Waals surface area contributed by atoms with E-state index < -0.39 is 46.8 Å². The summed E-state index contributed by atoms with van der Waals surface area (Å²) in [6.07, 6.45) is -3.20. The van der Waals surface area contributed by atoms with Crippen LogP contribution in [-0.4, -0.2) is 69.3 Å². The fraction of sp³-hybridized carbons (Fsp3) is 0.500. The number of nitrogen functional groups attached to an aromatic ring is 1. The summed E-state index contributed by atoms with van der Waals surface area (Å²) in [6, 6.07) is 0. The summed E-state index contributed by atoms with van der Waals surface area (Å²) in [5, 5.41) is 20.3. The van der Waals surface area contributed by atoms with Gasteiger partial charge in [-0.3, -0.25) is 9.09 Å². The first-order valence-corrected chi connectivity index (χ1v) is 10.2. The number of fused-ring (bicyclic) bond motifs is 1. The fourth-order valence-electron chi connectivity index (χ4n) is 2.48. The van der Waals surface area contributed by atoms with Crippen molar-refractivity contribution in [3.05, 3.63) is 12.7 Å². The predicted octanol–water partition coefficient (Wildman–Crippen LogP) is -1.75. The molecule has 1 aliphatic rings. The first-order chi connectivity index (χ1) is 12.5. The number of phosphoric ester groups is 1. The molecule has 0 aromatic carbocycles. The number of aliphatic hydroxyl groups is 2. The van der Waals surface area contributed by atoms with Crippen molar-refractivity contribution in [1.82, 2.24) is 19.5 Å². The number of aromatic nitrogens is 4. The van der Waals surface area contributed by atoms with Gasteiger partial charge in [-0.25, -0.2) is 24.1 Å². The van der Waals surface area contributed by atoms with Crippen molar-refractivity contribution in [1.29, 1.82) is 0 Å². The Morgan fingerprint density at radius 1 is 1.18 bits per heavy atom. The van der Waals surface area contributed by atoms with Crippen LogP contribution in [0.15, 0.2) is 12.7 Å². The van der Waals surface area contributed by atoms with Crippen molar-refractivity contribution in [3.8, 4) is 0 Å². The molecule has 15 nitrogen and oxygen atoms in total. The Labute approximate surface area is 169 Å². The third-order valence-corrected chi connectivity index (χ3v) is 5.76. The standard InChI is InChI=1S/C10H15N5O10P2.Zn/c11-8-5-9(13-2-12-8)15(3-14-5)10-7(17)6(16)4(24-10)1-23-27(21,22)25-26(18,19)20;/h2-4,6-7,10,16-17H,1H2,(H,21,22)(H2,11,12,13)(H2,18,19,20);/t4-,6-,7-,10-;/m1./s1. The zero-order valence-electron chi connectivity index (χ0n) is 13.9. The van der Waals surface area contributed by atoms with E-state index in [4.69, 9.17) is 20.3 Å². The van der Waals surface area contributed by atoms with Crippen LogP contribution in [0.1, 0.15) is 6.23 Å². The molecule has 1 aliphatic heterocycles. The van der Waals surface area contributed by atoms with Crippen LogP contribution in [0.4, 0.5) is 5.82 Å². The van der Waals surface area contributed by atoms with Gasteiger partial charge in [0.25, 0.3) is 0 Å². The molecule has 0 aliphatic carbocycles. The molecule has 7 N–H and O–H groups in total. The number of imidazole rings is 1. The molecule has 1 fully saturated rings. The number of nitrogens with two attached hydrogens (primary N) is 1. The second-order valence-electron chi connectivity index (χ2n) is 5.47. The van der Waals surface area contributed by atoms with E-state index in [9.17, 15) is 24.2 Å². The van der Waals surface area contributed by atoms with Gasteiger partial charge < -0.3 is 35.4 Å². The first-order valence-electron chi connectivity index (χ1n) is 7.17. The average molecular weight is 493 g/mol. The number of phosphoric acid groups is 2. The van der Waals surface area contributed by atoms with Gasteiger partial charge in [0.15, 0.2) is 17.7 Å². The molecule has 0 bridgehead atoms. The normalized spacial score (nSPS) is 27.5. The van der Waals surface area contributed by atoms with Crippen LogP contribution < -0.4 is 5.73 Å². The number of aliphatic hydroxyl groups excluding tert-OH is 2. The van der Waals surface area contributed by atoms with Gasteiger partial charge in [-0.1, -0.05) is 0 Å². The third-order valence-electron chi connectivity index (χ3n) is 3.61. The fourth-order valence-corrected chi connectivity index (χ4v) is 4.08. The number of rotatable bonds is 6. The van der Waals surface area contributed by atoms with Crippen LogP contribution in [0.2, 0.25) is 0 Å². The molecule has 0 amide bonds. The summed E-state index contributed by atoms with van der Waals surface area (Å²) >= 11 is 0. The Hall–Kier alpha value is -0.887. The Balaban J connectivity index is 0.00000280. The smallest absolute Gasteiger partial charge is 0.387 e. The summed E-state index contributed by atoms with van der Waals surface area (Å²) in [5.41, 5.74) is 6.11. The van der Waals surface area contributed by atoms with E-state index in [0.717, 1.165) is 6.33 Å². The van der Waals surface area contributed by atoms with Gasteiger partial charge in [0.2, 0.25) is 0 Å². The second-order valence-corrected chi connectivity index (χ2v) is 8.30. The van der Waals surface area contributed by atoms with Gasteiger partial charge in [0.05, 0.1) is 12.9 Å². The molecular weight excluding hydrogens is 477 g/mol. The largest absolute Gasteiger partial charge is 0.481 e. The minimum atomic E-state index is -5.29. The van der Waals surface area contributed by atoms with Gasteiger partial charge in [0, 0.05) is 19.5 Å². The number of hydrogen-bond donors (Lipinski definition) is 6. The number of nitrogens with zero attached hydrogens (tertiary/aromatic N) is 4. The van der Waals surface area contributed by atoms with Crippen LogP contribution in [0, 0.1) is 0 Å². The van der Waals surface area contributed by atoms with Crippen LogP contribution in [0.3, 0.4) is 0 Å². The van der Waals surface area contributed by atoms with Crippen molar-refractivity contribution in [2.75, 3.05) is 12.3 Å². The summed E-state index contributed by atoms with van der Waals surface area (Å²) in [5.74, 6) is 0.0856. The Bertz CT molecular complexity index is 938. The molecule has 1 saturated heterocycles. The number of ether oxygens (including phenoxy) is 1. The van der Waals surface area contributed by atoms with Crippen LogP contribution in [0.5, 0.6) is 0 Å². The molecule has 28 heavy (non-hydrogen) atoms. The number of hydrogen-bond acceptors (Lipinski definition) is 11. The van der Waals surface area contributed by atoms with E-state index in [0.29, 0.717) is 0 Å². The zero-order chi connectivity index (χ0) is 20.0. The van der Waals surface area contributed by atoms with Crippen molar-refractivity contribution in [2.24, 2.45) is 0 Å². The molecule has 2 aromatic rings. The molecule has 2 aromatic heterocycles. The van der Waals surface area contributed by atoms with Gasteiger partial charge in [-0.2, -0.15) is 4.31 Å². The number of anilines is 1. The molecule has 0 spiro atoms. The van der Waals surface area contributed by atoms with E-state index in [2.05, 4.69) is 23.8 Å². The topological polar surface area (TPSA) is 233 Å². The molecule has 18 heteroatoms. The van der Waals surface area contributed by atoms with Crippen molar-refractivity contribution in [3.63, 3.8) is 0 Å². The maximum atomic E-state index is 11.5. The minimum absolute atomic E-state index is 0. The monoisotopic (exact) mass is 491 g/mol. The van der Waals surface area contributed by atoms with E-state index in [1.807, 2.05) is 0 Å². The van der Waals surface area contributed by atoms with Crippen molar-refractivity contribution < 1.29 is 67.1 Å². The summed E-state index contributed by atoms with van der Waals surface area (Å²) in [6.45, 7) is -0.813. The minimum Gasteiger partial charge on any atom is -0.387 e. The van der Waals surface area contributed by atoms with E-state index >= 15 is 0 Å². The average Bonchev–Trinajstić information content (AvgIpc) is 3.07. The Morgan fingerprint density at radius 2 is 1.86 bits per heavy atom. The molecule has 0 radical (unpaired) electrons. The van der Waals surface area contributed by atoms with Gasteiger partial charge in [-0.15, -0.1) is 0 Å². The van der Waals surface area contributed by atoms with Crippen molar-refractivity contribution >= 4 is 32.6 Å². The van der Waals surface area contributed by atoms with Crippen LogP contribution >= 0.6 is 15.6 Å². The molecule has 152 valence electrons. The molecule has 5 atom stereocenters. The van der Waals surface area contributed by atoms with Crippen LogP contribution in [0.25, 0.3) is 11.2 Å². The summed E-state index contributed by atoms with van der Waals surface area (Å²) in [7, 11) is -10.4.